The Morgan fingerprint density at radius 2 is 1.28 bits per heavy atom. The Morgan fingerprint density at radius 3 is 1.83 bits per heavy atom. The minimum Gasteiger partial charge on any atom is -0.188 e. The monoisotopic (exact) mass is 276 g/mol. The van der Waals surface area contributed by atoms with E-state index in [1.165, 1.54) is 12.8 Å². The summed E-state index contributed by atoms with van der Waals surface area (Å²) in [5.41, 5.74) is 2.70. The van der Waals surface area contributed by atoms with Crippen LogP contribution in [-0.4, -0.2) is 20.5 Å². The Balaban J connectivity index is 1.72. The maximum absolute atomic E-state index is 11.7. The third-order valence-corrected chi connectivity index (χ3v) is 4.78. The van der Waals surface area contributed by atoms with E-state index in [1.54, 1.807) is 0 Å². The van der Waals surface area contributed by atoms with E-state index in [2.05, 4.69) is 10.2 Å². The zero-order valence-corrected chi connectivity index (χ0v) is 11.7. The molecule has 6 heteroatoms. The highest BCUT2D eigenvalue weighted by Gasteiger charge is 2.22. The molecule has 106 valence electrons. The Bertz CT molecular complexity index is 333. The van der Waals surface area contributed by atoms with Gasteiger partial charge in [0.1, 0.15) is 0 Å². The van der Waals surface area contributed by atoms with Crippen molar-refractivity contribution in [2.45, 2.75) is 76.3 Å². The molecule has 0 amide bonds. The van der Waals surface area contributed by atoms with Crippen LogP contribution in [0.25, 0.3) is 0 Å². The van der Waals surface area contributed by atoms with Crippen molar-refractivity contribution in [3.8, 4) is 0 Å². The first kappa shape index (κ1) is 14.2. The maximum atomic E-state index is 11.7. The Hall–Kier alpha value is -0.170. The van der Waals surface area contributed by atoms with E-state index in [0.717, 1.165) is 51.4 Å². The average molecular weight is 276 g/mol. The lowest BCUT2D eigenvalue weighted by atomic mass is 9.96. The molecule has 0 spiro atoms. The fourth-order valence-corrected chi connectivity index (χ4v) is 3.76. The Morgan fingerprint density at radius 1 is 0.778 bits per heavy atom. The molecule has 0 unspecified atom stereocenters. The van der Waals surface area contributed by atoms with Gasteiger partial charge in [-0.05, 0) is 25.7 Å². The smallest absolute Gasteiger partial charge is 0.188 e. The molecule has 5 nitrogen and oxygen atoms in total. The van der Waals surface area contributed by atoms with Gasteiger partial charge in [-0.1, -0.05) is 38.5 Å². The van der Waals surface area contributed by atoms with Gasteiger partial charge < -0.3 is 0 Å². The van der Waals surface area contributed by atoms with Crippen molar-refractivity contribution in [3.05, 3.63) is 0 Å². The maximum Gasteiger partial charge on any atom is 0.352 e. The van der Waals surface area contributed by atoms with Gasteiger partial charge in [0.05, 0.1) is 0 Å². The summed E-state index contributed by atoms with van der Waals surface area (Å²) in [7, 11) is -3.64. The molecule has 2 rings (SSSR count). The van der Waals surface area contributed by atoms with E-state index >= 15 is 0 Å². The van der Waals surface area contributed by atoms with Crippen LogP contribution in [0.2, 0.25) is 0 Å². The highest BCUT2D eigenvalue weighted by atomic mass is 32.2. The van der Waals surface area contributed by atoms with E-state index in [4.69, 9.17) is 4.28 Å². The molecule has 0 aromatic rings. The van der Waals surface area contributed by atoms with E-state index in [9.17, 15) is 8.42 Å². The van der Waals surface area contributed by atoms with E-state index < -0.39 is 10.3 Å². The summed E-state index contributed by atoms with van der Waals surface area (Å²) in [4.78, 5) is 0. The summed E-state index contributed by atoms with van der Waals surface area (Å²) in [6.45, 7) is 0. The zero-order chi connectivity index (χ0) is 12.8. The zero-order valence-electron chi connectivity index (χ0n) is 10.9. The van der Waals surface area contributed by atoms with Crippen molar-refractivity contribution in [3.63, 3.8) is 0 Å². The number of rotatable bonds is 5. The largest absolute Gasteiger partial charge is 0.352 e. The summed E-state index contributed by atoms with van der Waals surface area (Å²) in [6, 6.07) is 0.235. The van der Waals surface area contributed by atoms with E-state index in [0.29, 0.717) is 0 Å². The van der Waals surface area contributed by atoms with Crippen LogP contribution in [0.1, 0.15) is 64.2 Å². The molecule has 2 aliphatic rings. The Labute approximate surface area is 110 Å². The second-order valence-corrected chi connectivity index (χ2v) is 6.75. The van der Waals surface area contributed by atoms with Crippen LogP contribution in [-0.2, 0) is 14.6 Å². The molecule has 2 aliphatic carbocycles. The van der Waals surface area contributed by atoms with Gasteiger partial charge in [0.25, 0.3) is 0 Å². The van der Waals surface area contributed by atoms with Gasteiger partial charge in [-0.3, -0.25) is 0 Å². The molecule has 0 atom stereocenters. The van der Waals surface area contributed by atoms with Crippen LogP contribution >= 0.6 is 0 Å². The van der Waals surface area contributed by atoms with Gasteiger partial charge in [-0.15, -0.1) is 0 Å². The van der Waals surface area contributed by atoms with Gasteiger partial charge in [0, 0.05) is 12.1 Å². The quantitative estimate of drug-likeness (QED) is 0.754. The molecule has 0 saturated heterocycles. The lowest BCUT2D eigenvalue weighted by molar-refractivity contribution is 0.136. The van der Waals surface area contributed by atoms with Crippen molar-refractivity contribution >= 4 is 10.3 Å². The number of nitrogens with one attached hydrogen (secondary N) is 2. The van der Waals surface area contributed by atoms with Crippen molar-refractivity contribution in [2.24, 2.45) is 0 Å². The summed E-state index contributed by atoms with van der Waals surface area (Å²) in [6.07, 6.45) is 10.8. The van der Waals surface area contributed by atoms with Crippen LogP contribution in [0.5, 0.6) is 0 Å². The standard InChI is InChI=1S/C12H24N2O3S/c15-18(16,14-12-9-5-2-6-10-12)17-13-11-7-3-1-4-8-11/h11-14H,1-10H2. The van der Waals surface area contributed by atoms with Gasteiger partial charge >= 0.3 is 10.3 Å². The van der Waals surface area contributed by atoms with Crippen LogP contribution < -0.4 is 10.2 Å². The van der Waals surface area contributed by atoms with Gasteiger partial charge in [-0.2, -0.15) is 22.9 Å². The first-order chi connectivity index (χ1) is 8.66. The minimum atomic E-state index is -3.64. The second kappa shape index (κ2) is 6.84. The minimum absolute atomic E-state index is 0.0527. The highest BCUT2D eigenvalue weighted by Crippen LogP contribution is 2.19. The van der Waals surface area contributed by atoms with E-state index in [-0.39, 0.29) is 12.1 Å². The summed E-state index contributed by atoms with van der Waals surface area (Å²) >= 11 is 0. The molecule has 2 N–H and O–H groups in total. The van der Waals surface area contributed by atoms with Crippen molar-refractivity contribution in [2.75, 3.05) is 0 Å². The van der Waals surface area contributed by atoms with Crippen molar-refractivity contribution in [1.29, 1.82) is 0 Å². The summed E-state index contributed by atoms with van der Waals surface area (Å²) in [5.74, 6) is 0. The van der Waals surface area contributed by atoms with Crippen LogP contribution in [0, 0.1) is 0 Å². The molecule has 0 radical (unpaired) electrons. The first-order valence-corrected chi connectivity index (χ1v) is 8.53. The summed E-state index contributed by atoms with van der Waals surface area (Å²) in [5, 5.41) is 0. The third kappa shape index (κ3) is 4.84. The van der Waals surface area contributed by atoms with Gasteiger partial charge in [-0.25, -0.2) is 0 Å². The lowest BCUT2D eigenvalue weighted by Crippen LogP contribution is -2.42. The fourth-order valence-electron chi connectivity index (χ4n) is 2.80. The van der Waals surface area contributed by atoms with E-state index in [1.807, 2.05) is 0 Å². The van der Waals surface area contributed by atoms with Gasteiger partial charge in [0.2, 0.25) is 0 Å². The third-order valence-electron chi connectivity index (χ3n) is 3.85. The molecule has 0 aromatic carbocycles. The molecule has 2 saturated carbocycles. The molecule has 0 aliphatic heterocycles. The number of hydrogen-bond donors (Lipinski definition) is 2. The SMILES string of the molecule is O=S(=O)(NC1CCCCC1)ONC1CCCCC1. The molecule has 0 aromatic heterocycles. The molecule has 2 fully saturated rings. The predicted molar refractivity (Wildman–Crippen MR) is 70.0 cm³/mol. The van der Waals surface area contributed by atoms with Crippen molar-refractivity contribution < 1.29 is 12.7 Å². The van der Waals surface area contributed by atoms with Crippen LogP contribution in [0.3, 0.4) is 0 Å². The summed E-state index contributed by atoms with van der Waals surface area (Å²) < 4.78 is 31.0. The molecule has 18 heavy (non-hydrogen) atoms. The van der Waals surface area contributed by atoms with Gasteiger partial charge in [0.15, 0.2) is 0 Å². The molecular weight excluding hydrogens is 252 g/mol. The molecule has 0 bridgehead atoms. The molecule has 0 heterocycles. The number of hydroxylamine groups is 1. The lowest BCUT2D eigenvalue weighted by Gasteiger charge is -2.24. The fraction of sp³-hybridized carbons (Fsp3) is 1.00. The number of hydrogen-bond acceptors (Lipinski definition) is 4. The first-order valence-electron chi connectivity index (χ1n) is 7.12. The second-order valence-electron chi connectivity index (χ2n) is 5.44. The van der Waals surface area contributed by atoms with Crippen LogP contribution in [0.15, 0.2) is 0 Å². The Kier molecular flexibility index (Phi) is 5.41. The highest BCUT2D eigenvalue weighted by molar-refractivity contribution is 7.84. The van der Waals surface area contributed by atoms with Crippen LogP contribution in [0.4, 0.5) is 0 Å². The normalized spacial score (nSPS) is 24.2. The molecular formula is C12H24N2O3S. The topological polar surface area (TPSA) is 67.4 Å². The average Bonchev–Trinajstić information content (AvgIpc) is 2.38. The predicted octanol–water partition coefficient (Wildman–Crippen LogP) is 2.01. The van der Waals surface area contributed by atoms with Crippen molar-refractivity contribution in [1.82, 2.24) is 10.2 Å².